The summed E-state index contributed by atoms with van der Waals surface area (Å²) < 4.78 is 0. The second-order valence-electron chi connectivity index (χ2n) is 9.20. The molecule has 0 bridgehead atoms. The Labute approximate surface area is 192 Å². The molecule has 2 rings (SSSR count). The summed E-state index contributed by atoms with van der Waals surface area (Å²) in [7, 11) is 0. The van der Waals surface area contributed by atoms with Gasteiger partial charge in [-0.2, -0.15) is 0 Å². The van der Waals surface area contributed by atoms with Crippen LogP contribution in [0.15, 0.2) is 59.2 Å². The van der Waals surface area contributed by atoms with E-state index in [0.29, 0.717) is 17.6 Å². The third kappa shape index (κ3) is 8.63. The van der Waals surface area contributed by atoms with Crippen LogP contribution < -0.4 is 0 Å². The summed E-state index contributed by atoms with van der Waals surface area (Å²) in [5, 5.41) is 0. The van der Waals surface area contributed by atoms with E-state index in [1.807, 2.05) is 0 Å². The maximum atomic E-state index is 12.0. The fourth-order valence-corrected chi connectivity index (χ4v) is 4.08. The van der Waals surface area contributed by atoms with Crippen LogP contribution in [0.1, 0.15) is 105 Å². The molecule has 0 heterocycles. The molecule has 1 nitrogen and oxygen atoms in total. The molecule has 0 saturated carbocycles. The van der Waals surface area contributed by atoms with Crippen molar-refractivity contribution in [2.45, 2.75) is 99.8 Å². The maximum absolute atomic E-state index is 12.0. The minimum atomic E-state index is 0.228. The van der Waals surface area contributed by atoms with E-state index in [0.717, 1.165) is 25.7 Å². The van der Waals surface area contributed by atoms with Gasteiger partial charge >= 0.3 is 0 Å². The Morgan fingerprint density at radius 2 is 1.81 bits per heavy atom. The number of rotatable bonds is 9. The molecule has 172 valence electrons. The average Bonchev–Trinajstić information content (AvgIpc) is 3.10. The quantitative estimate of drug-likeness (QED) is 0.363. The Kier molecular flexibility index (Phi) is 12.5. The average molecular weight is 423 g/mol. The molecule has 0 N–H and O–H groups in total. The van der Waals surface area contributed by atoms with Crippen molar-refractivity contribution in [1.82, 2.24) is 0 Å². The number of carbonyl (C=O) groups is 1. The van der Waals surface area contributed by atoms with Crippen LogP contribution in [0.5, 0.6) is 0 Å². The molecule has 0 aliphatic heterocycles. The van der Waals surface area contributed by atoms with Gasteiger partial charge in [-0.3, -0.25) is 4.79 Å². The summed E-state index contributed by atoms with van der Waals surface area (Å²) >= 11 is 0. The minimum Gasteiger partial charge on any atom is -0.299 e. The number of allylic oxidation sites excluding steroid dienone is 6. The number of fused-ring (bicyclic) bond motifs is 1. The molecule has 1 aromatic carbocycles. The standard InChI is InChI=1S/C16H22O.C14H24/c1-4-11(2)16(17)10-14-9-13-7-5-6-8-15(13)12(14)3;1-6-9-14(8-3)11-10-13(5)12(4)7-2/h5-8,11-12,14H,4,9-10H2,1-3H3;8,10-11H,6-7,9H2,1-5H3/b;11-10-,13-12-,14-8-. The molecule has 1 aromatic rings. The third-order valence-electron chi connectivity index (χ3n) is 7.02. The predicted molar refractivity (Wildman–Crippen MR) is 138 cm³/mol. The summed E-state index contributed by atoms with van der Waals surface area (Å²) in [5.41, 5.74) is 7.23. The number of carbonyl (C=O) groups excluding carboxylic acids is 1. The van der Waals surface area contributed by atoms with Crippen molar-refractivity contribution < 1.29 is 4.79 Å². The van der Waals surface area contributed by atoms with Crippen molar-refractivity contribution in [2.75, 3.05) is 0 Å². The normalized spacial score (nSPS) is 20.1. The molecule has 31 heavy (non-hydrogen) atoms. The molecule has 0 fully saturated rings. The summed E-state index contributed by atoms with van der Waals surface area (Å²) in [6.07, 6.45) is 13.0. The first-order valence-corrected chi connectivity index (χ1v) is 12.4. The molecule has 0 saturated heterocycles. The zero-order chi connectivity index (χ0) is 23.4. The van der Waals surface area contributed by atoms with Crippen molar-refractivity contribution in [3.8, 4) is 0 Å². The molecule has 0 aromatic heterocycles. The molecular formula is C30H46O. The summed E-state index contributed by atoms with van der Waals surface area (Å²) in [6, 6.07) is 8.63. The Hall–Kier alpha value is -1.89. The lowest BCUT2D eigenvalue weighted by atomic mass is 9.86. The van der Waals surface area contributed by atoms with E-state index in [1.54, 1.807) is 0 Å². The van der Waals surface area contributed by atoms with Crippen LogP contribution >= 0.6 is 0 Å². The Balaban J connectivity index is 0.000000318. The van der Waals surface area contributed by atoms with Crippen molar-refractivity contribution in [3.05, 3.63) is 70.3 Å². The van der Waals surface area contributed by atoms with Gasteiger partial charge in [-0.15, -0.1) is 0 Å². The lowest BCUT2D eigenvalue weighted by Gasteiger charge is -2.17. The highest BCUT2D eigenvalue weighted by Crippen LogP contribution is 2.39. The second-order valence-corrected chi connectivity index (χ2v) is 9.20. The zero-order valence-corrected chi connectivity index (χ0v) is 21.4. The lowest BCUT2D eigenvalue weighted by Crippen LogP contribution is -2.17. The SMILES string of the molecule is CCC(C)C(=O)CC1Cc2ccccc2C1C.C\C=C(/C=C\C(C)=C(\C)CC)CCC. The van der Waals surface area contributed by atoms with Gasteiger partial charge in [0.25, 0.3) is 0 Å². The van der Waals surface area contributed by atoms with Crippen LogP contribution in [0.4, 0.5) is 0 Å². The Morgan fingerprint density at radius 1 is 1.13 bits per heavy atom. The van der Waals surface area contributed by atoms with Crippen molar-refractivity contribution >= 4 is 5.78 Å². The van der Waals surface area contributed by atoms with E-state index < -0.39 is 0 Å². The summed E-state index contributed by atoms with van der Waals surface area (Å²) in [4.78, 5) is 12.0. The van der Waals surface area contributed by atoms with Gasteiger partial charge in [0, 0.05) is 12.3 Å². The highest BCUT2D eigenvalue weighted by atomic mass is 16.1. The van der Waals surface area contributed by atoms with Crippen LogP contribution in [0.25, 0.3) is 0 Å². The van der Waals surface area contributed by atoms with E-state index in [9.17, 15) is 4.79 Å². The van der Waals surface area contributed by atoms with Gasteiger partial charge in [-0.05, 0) is 69.4 Å². The van der Waals surface area contributed by atoms with Gasteiger partial charge in [0.1, 0.15) is 5.78 Å². The fourth-order valence-electron chi connectivity index (χ4n) is 4.08. The first kappa shape index (κ1) is 27.1. The van der Waals surface area contributed by atoms with Crippen LogP contribution in [-0.2, 0) is 11.2 Å². The molecule has 1 heteroatoms. The summed E-state index contributed by atoms with van der Waals surface area (Å²) in [5.74, 6) is 1.73. The van der Waals surface area contributed by atoms with Crippen molar-refractivity contribution in [1.29, 1.82) is 0 Å². The van der Waals surface area contributed by atoms with E-state index in [4.69, 9.17) is 0 Å². The highest BCUT2D eigenvalue weighted by molar-refractivity contribution is 5.81. The van der Waals surface area contributed by atoms with Crippen molar-refractivity contribution in [2.24, 2.45) is 11.8 Å². The molecule has 0 amide bonds. The maximum Gasteiger partial charge on any atom is 0.135 e. The topological polar surface area (TPSA) is 17.1 Å². The number of hydrogen-bond donors (Lipinski definition) is 0. The molecule has 1 aliphatic carbocycles. The van der Waals surface area contributed by atoms with E-state index >= 15 is 0 Å². The summed E-state index contributed by atoms with van der Waals surface area (Å²) in [6.45, 7) is 17.3. The number of hydrogen-bond acceptors (Lipinski definition) is 1. The molecule has 3 unspecified atom stereocenters. The van der Waals surface area contributed by atoms with E-state index in [2.05, 4.69) is 97.9 Å². The van der Waals surface area contributed by atoms with Crippen molar-refractivity contribution in [3.63, 3.8) is 0 Å². The van der Waals surface area contributed by atoms with Crippen LogP contribution in [0.3, 0.4) is 0 Å². The minimum absolute atomic E-state index is 0.228. The first-order chi connectivity index (χ1) is 14.8. The van der Waals surface area contributed by atoms with Gasteiger partial charge in [-0.25, -0.2) is 0 Å². The van der Waals surface area contributed by atoms with Gasteiger partial charge in [0.05, 0.1) is 0 Å². The van der Waals surface area contributed by atoms with E-state index in [-0.39, 0.29) is 5.92 Å². The highest BCUT2D eigenvalue weighted by Gasteiger charge is 2.30. The zero-order valence-electron chi connectivity index (χ0n) is 21.4. The Bertz CT molecular complexity index is 777. The van der Waals surface area contributed by atoms with E-state index in [1.165, 1.54) is 40.7 Å². The van der Waals surface area contributed by atoms with Crippen LogP contribution in [0, 0.1) is 11.8 Å². The molecule has 0 radical (unpaired) electrons. The monoisotopic (exact) mass is 422 g/mol. The predicted octanol–water partition coefficient (Wildman–Crippen LogP) is 9.00. The third-order valence-corrected chi connectivity index (χ3v) is 7.02. The van der Waals surface area contributed by atoms with Gasteiger partial charge < -0.3 is 0 Å². The smallest absolute Gasteiger partial charge is 0.135 e. The number of benzene rings is 1. The number of Topliss-reactive ketones (excluding diaryl/α,β-unsaturated/α-hetero) is 1. The van der Waals surface area contributed by atoms with Crippen LogP contribution in [0.2, 0.25) is 0 Å². The van der Waals surface area contributed by atoms with Gasteiger partial charge in [0.2, 0.25) is 0 Å². The number of ketones is 1. The molecule has 3 atom stereocenters. The second kappa shape index (κ2) is 14.2. The van der Waals surface area contributed by atoms with Crippen LogP contribution in [-0.4, -0.2) is 5.78 Å². The fraction of sp³-hybridized carbons (Fsp3) is 0.567. The molecule has 1 aliphatic rings. The molecular weight excluding hydrogens is 376 g/mol. The van der Waals surface area contributed by atoms with Gasteiger partial charge in [0.15, 0.2) is 0 Å². The van der Waals surface area contributed by atoms with Gasteiger partial charge in [-0.1, -0.05) is 100 Å². The Morgan fingerprint density at radius 3 is 2.35 bits per heavy atom. The molecule has 0 spiro atoms. The largest absolute Gasteiger partial charge is 0.299 e. The first-order valence-electron chi connectivity index (χ1n) is 12.4. The lowest BCUT2D eigenvalue weighted by molar-refractivity contribution is -0.123.